The average Bonchev–Trinajstić information content (AvgIpc) is 2.36. The van der Waals surface area contributed by atoms with Crippen molar-refractivity contribution in [1.29, 1.82) is 0 Å². The van der Waals surface area contributed by atoms with Gasteiger partial charge in [0, 0.05) is 0 Å². The molecule has 0 bridgehead atoms. The van der Waals surface area contributed by atoms with E-state index in [0.29, 0.717) is 0 Å². The van der Waals surface area contributed by atoms with E-state index in [4.69, 9.17) is 9.79 Å². The third kappa shape index (κ3) is 5.21. The first-order valence-electron chi connectivity index (χ1n) is 5.23. The van der Waals surface area contributed by atoms with Crippen molar-refractivity contribution in [3.05, 3.63) is 35.4 Å². The van der Waals surface area contributed by atoms with Crippen molar-refractivity contribution >= 4 is 19.5 Å². The lowest BCUT2D eigenvalue weighted by Crippen LogP contribution is -2.10. The van der Waals surface area contributed by atoms with Gasteiger partial charge in [-0.15, -0.1) is 0 Å². The molecular formula is C11H13O7P. The molecule has 0 fully saturated rings. The summed E-state index contributed by atoms with van der Waals surface area (Å²) in [4.78, 5) is 39.8. The molecule has 0 radical (unpaired) electrons. The molecule has 0 aromatic heterocycles. The highest BCUT2D eigenvalue weighted by Crippen LogP contribution is 2.33. The van der Waals surface area contributed by atoms with E-state index in [-0.39, 0.29) is 17.7 Å². The van der Waals surface area contributed by atoms with Gasteiger partial charge in [-0.25, -0.2) is 9.59 Å². The van der Waals surface area contributed by atoms with Gasteiger partial charge < -0.3 is 19.3 Å². The van der Waals surface area contributed by atoms with Gasteiger partial charge in [0.15, 0.2) is 0 Å². The van der Waals surface area contributed by atoms with E-state index in [9.17, 15) is 14.2 Å². The highest BCUT2D eigenvalue weighted by atomic mass is 31.2. The monoisotopic (exact) mass is 288 g/mol. The van der Waals surface area contributed by atoms with Crippen molar-refractivity contribution in [3.63, 3.8) is 0 Å². The van der Waals surface area contributed by atoms with Crippen molar-refractivity contribution in [3.8, 4) is 0 Å². The normalized spacial score (nSPS) is 10.9. The molecule has 19 heavy (non-hydrogen) atoms. The quantitative estimate of drug-likeness (QED) is 0.609. The van der Waals surface area contributed by atoms with Crippen molar-refractivity contribution in [2.45, 2.75) is 0 Å². The van der Waals surface area contributed by atoms with E-state index in [1.54, 1.807) is 0 Å². The summed E-state index contributed by atoms with van der Waals surface area (Å²) in [5.41, 5.74) is 0.465. The topological polar surface area (TPSA) is 110 Å². The van der Waals surface area contributed by atoms with E-state index >= 15 is 0 Å². The maximum Gasteiger partial charge on any atom is 0.338 e. The minimum atomic E-state index is -4.18. The second kappa shape index (κ2) is 6.47. The molecule has 0 spiro atoms. The third-order valence-corrected chi connectivity index (χ3v) is 2.92. The average molecular weight is 288 g/mol. The molecule has 1 aromatic rings. The fourth-order valence-corrected chi connectivity index (χ4v) is 1.53. The molecule has 0 aliphatic rings. The summed E-state index contributed by atoms with van der Waals surface area (Å²) in [5, 5.41) is 0. The van der Waals surface area contributed by atoms with Crippen molar-refractivity contribution in [2.24, 2.45) is 0 Å². The fourth-order valence-electron chi connectivity index (χ4n) is 1.20. The van der Waals surface area contributed by atoms with Crippen LogP contribution in [0.2, 0.25) is 0 Å². The molecule has 0 aliphatic heterocycles. The Balaban J connectivity index is 2.58. The molecule has 0 atom stereocenters. The third-order valence-electron chi connectivity index (χ3n) is 2.16. The number of rotatable bonds is 5. The largest absolute Gasteiger partial charge is 0.465 e. The second-order valence-electron chi connectivity index (χ2n) is 3.59. The molecule has 2 N–H and O–H groups in total. The number of ether oxygens (including phenoxy) is 2. The lowest BCUT2D eigenvalue weighted by molar-refractivity contribution is 0.0523. The molecule has 8 heteroatoms. The first-order chi connectivity index (χ1) is 8.83. The summed E-state index contributed by atoms with van der Waals surface area (Å²) < 4.78 is 19.7. The molecule has 0 aliphatic carbocycles. The van der Waals surface area contributed by atoms with Crippen LogP contribution in [0.3, 0.4) is 0 Å². The first-order valence-corrected chi connectivity index (χ1v) is 7.03. The van der Waals surface area contributed by atoms with E-state index in [0.717, 1.165) is 0 Å². The highest BCUT2D eigenvalue weighted by Gasteiger charge is 2.15. The van der Waals surface area contributed by atoms with Gasteiger partial charge in [-0.3, -0.25) is 4.57 Å². The van der Waals surface area contributed by atoms with Crippen LogP contribution in [0, 0.1) is 0 Å². The Bertz CT molecular complexity index is 502. The SMILES string of the molecule is COC(=O)c1ccc(C(=O)OCCP(=O)(O)O)cc1. The Morgan fingerprint density at radius 1 is 1.11 bits per heavy atom. The molecule has 1 rings (SSSR count). The molecule has 0 saturated carbocycles. The van der Waals surface area contributed by atoms with Gasteiger partial charge in [-0.05, 0) is 24.3 Å². The van der Waals surface area contributed by atoms with Crippen molar-refractivity contribution < 1.29 is 33.4 Å². The molecule has 1 aromatic carbocycles. The van der Waals surface area contributed by atoms with Gasteiger partial charge in [-0.2, -0.15) is 0 Å². The van der Waals surface area contributed by atoms with Crippen LogP contribution in [0.4, 0.5) is 0 Å². The fraction of sp³-hybridized carbons (Fsp3) is 0.273. The van der Waals surface area contributed by atoms with Crippen LogP contribution in [-0.2, 0) is 14.0 Å². The Morgan fingerprint density at radius 2 is 1.58 bits per heavy atom. The smallest absolute Gasteiger partial charge is 0.338 e. The molecule has 0 saturated heterocycles. The number of carbonyl (C=O) groups is 2. The number of hydrogen-bond acceptors (Lipinski definition) is 5. The van der Waals surface area contributed by atoms with Crippen molar-refractivity contribution in [2.75, 3.05) is 19.9 Å². The van der Waals surface area contributed by atoms with Crippen LogP contribution < -0.4 is 0 Å². The Labute approximate surface area is 109 Å². The molecule has 0 unspecified atom stereocenters. The van der Waals surface area contributed by atoms with Crippen molar-refractivity contribution in [1.82, 2.24) is 0 Å². The Kier molecular flexibility index (Phi) is 5.23. The van der Waals surface area contributed by atoms with Crippen LogP contribution in [-0.4, -0.2) is 41.6 Å². The highest BCUT2D eigenvalue weighted by molar-refractivity contribution is 7.51. The lowest BCUT2D eigenvalue weighted by Gasteiger charge is -2.06. The van der Waals surface area contributed by atoms with Crippen LogP contribution in [0.5, 0.6) is 0 Å². The maximum absolute atomic E-state index is 11.5. The summed E-state index contributed by atoms with van der Waals surface area (Å²) in [6.45, 7) is -0.373. The van der Waals surface area contributed by atoms with E-state index in [1.807, 2.05) is 0 Å². The summed E-state index contributed by atoms with van der Waals surface area (Å²) in [7, 11) is -2.93. The van der Waals surface area contributed by atoms with Gasteiger partial charge in [0.1, 0.15) is 6.61 Å². The van der Waals surface area contributed by atoms with Crippen LogP contribution >= 0.6 is 7.60 Å². The Hall–Kier alpha value is -1.69. The Morgan fingerprint density at radius 3 is 2.00 bits per heavy atom. The summed E-state index contributed by atoms with van der Waals surface area (Å²) in [6, 6.07) is 5.52. The van der Waals surface area contributed by atoms with Crippen LogP contribution in [0.25, 0.3) is 0 Å². The van der Waals surface area contributed by atoms with Gasteiger partial charge in [0.2, 0.25) is 0 Å². The first kappa shape index (κ1) is 15.4. The molecule has 0 heterocycles. The van der Waals surface area contributed by atoms with Crippen LogP contribution in [0.15, 0.2) is 24.3 Å². The number of carbonyl (C=O) groups excluding carboxylic acids is 2. The second-order valence-corrected chi connectivity index (χ2v) is 5.37. The summed E-state index contributed by atoms with van der Waals surface area (Å²) in [6.07, 6.45) is -0.529. The number of benzene rings is 1. The van der Waals surface area contributed by atoms with Crippen LogP contribution in [0.1, 0.15) is 20.7 Å². The van der Waals surface area contributed by atoms with E-state index < -0.39 is 25.7 Å². The van der Waals surface area contributed by atoms with Gasteiger partial charge in [0.25, 0.3) is 0 Å². The number of hydrogen-bond donors (Lipinski definition) is 2. The maximum atomic E-state index is 11.5. The predicted octanol–water partition coefficient (Wildman–Crippen LogP) is 0.808. The zero-order valence-corrected chi connectivity index (χ0v) is 11.0. The summed E-state index contributed by atoms with van der Waals surface area (Å²) >= 11 is 0. The molecule has 0 amide bonds. The van der Waals surface area contributed by atoms with E-state index in [2.05, 4.69) is 9.47 Å². The van der Waals surface area contributed by atoms with Gasteiger partial charge in [-0.1, -0.05) is 0 Å². The zero-order chi connectivity index (χ0) is 14.5. The number of esters is 2. The van der Waals surface area contributed by atoms with Gasteiger partial charge in [0.05, 0.1) is 24.4 Å². The lowest BCUT2D eigenvalue weighted by atomic mass is 10.1. The minimum absolute atomic E-state index is 0.179. The number of methoxy groups -OCH3 is 1. The van der Waals surface area contributed by atoms with E-state index in [1.165, 1.54) is 31.4 Å². The molecular weight excluding hydrogens is 275 g/mol. The predicted molar refractivity (Wildman–Crippen MR) is 65.0 cm³/mol. The minimum Gasteiger partial charge on any atom is -0.465 e. The standard InChI is InChI=1S/C11H13O7P/c1-17-10(12)8-2-4-9(5-3-8)11(13)18-6-7-19(14,15)16/h2-5H,6-7H2,1H3,(H2,14,15,16). The van der Waals surface area contributed by atoms with Gasteiger partial charge >= 0.3 is 19.5 Å². The zero-order valence-electron chi connectivity index (χ0n) is 10.1. The molecule has 7 nitrogen and oxygen atoms in total. The summed E-state index contributed by atoms with van der Waals surface area (Å²) in [5.74, 6) is -1.24. The molecule has 104 valence electrons.